The van der Waals surface area contributed by atoms with Gasteiger partial charge < -0.3 is 5.32 Å². The molecule has 1 amide bonds. The van der Waals surface area contributed by atoms with E-state index in [4.69, 9.17) is 0 Å². The highest BCUT2D eigenvalue weighted by molar-refractivity contribution is 9.10. The maximum atomic E-state index is 11.8. The van der Waals surface area contributed by atoms with Gasteiger partial charge in [0.15, 0.2) is 0 Å². The summed E-state index contributed by atoms with van der Waals surface area (Å²) in [5.41, 5.74) is 1.76. The van der Waals surface area contributed by atoms with Crippen LogP contribution in [0.15, 0.2) is 34.1 Å². The van der Waals surface area contributed by atoms with Crippen LogP contribution < -0.4 is 5.32 Å². The highest BCUT2D eigenvalue weighted by Crippen LogP contribution is 2.11. The summed E-state index contributed by atoms with van der Waals surface area (Å²) in [6, 6.07) is 7.35. The van der Waals surface area contributed by atoms with Crippen molar-refractivity contribution in [1.29, 1.82) is 0 Å². The molecule has 3 nitrogen and oxygen atoms in total. The predicted octanol–water partition coefficient (Wildman–Crippen LogP) is 3.58. The highest BCUT2D eigenvalue weighted by Gasteiger charge is 2.04. The summed E-state index contributed by atoms with van der Waals surface area (Å²) < 4.78 is 0.975. The average Bonchev–Trinajstić information content (AvgIpc) is 2.81. The van der Waals surface area contributed by atoms with E-state index in [1.54, 1.807) is 11.3 Å². The molecule has 1 N–H and O–H groups in total. The number of rotatable bonds is 5. The molecule has 0 fully saturated rings. The number of carbonyl (C=O) groups excluding carboxylic acids is 1. The van der Waals surface area contributed by atoms with Crippen molar-refractivity contribution in [3.63, 3.8) is 0 Å². The molecule has 19 heavy (non-hydrogen) atoms. The minimum absolute atomic E-state index is 0.0252. The van der Waals surface area contributed by atoms with Crippen LogP contribution in [0, 0.1) is 6.92 Å². The summed E-state index contributed by atoms with van der Waals surface area (Å²) >= 11 is 5.03. The van der Waals surface area contributed by atoms with E-state index < -0.39 is 0 Å². The maximum absolute atomic E-state index is 11.8. The molecule has 0 aliphatic heterocycles. The Hall–Kier alpha value is -1.20. The molecule has 1 aromatic carbocycles. The number of nitrogens with zero attached hydrogens (tertiary/aromatic N) is 1. The molecule has 1 aromatic heterocycles. The number of thiazole rings is 1. The monoisotopic (exact) mass is 338 g/mol. The van der Waals surface area contributed by atoms with Crippen molar-refractivity contribution < 1.29 is 4.79 Å². The number of carbonyl (C=O) groups is 1. The van der Waals surface area contributed by atoms with Crippen molar-refractivity contribution in [2.45, 2.75) is 19.8 Å². The summed E-state index contributed by atoms with van der Waals surface area (Å²) in [6.07, 6.45) is 1.83. The fourth-order valence-corrected chi connectivity index (χ4v) is 2.74. The molecule has 0 atom stereocenters. The number of aryl methyl sites for hydroxylation is 2. The van der Waals surface area contributed by atoms with Crippen LogP contribution in [0.4, 0.5) is 0 Å². The molecular formula is C14H15BrN2OS. The van der Waals surface area contributed by atoms with Gasteiger partial charge in [0.05, 0.1) is 5.01 Å². The summed E-state index contributed by atoms with van der Waals surface area (Å²) in [5, 5.41) is 6.10. The lowest BCUT2D eigenvalue weighted by Crippen LogP contribution is -2.24. The van der Waals surface area contributed by atoms with Crippen LogP contribution in [0.1, 0.15) is 27.5 Å². The van der Waals surface area contributed by atoms with Gasteiger partial charge in [-0.15, -0.1) is 11.3 Å². The van der Waals surface area contributed by atoms with E-state index in [2.05, 4.69) is 31.6 Å². The van der Waals surface area contributed by atoms with Crippen molar-refractivity contribution in [1.82, 2.24) is 10.3 Å². The minimum Gasteiger partial charge on any atom is -0.352 e. The lowest BCUT2D eigenvalue weighted by Gasteiger charge is -2.04. The van der Waals surface area contributed by atoms with E-state index in [0.29, 0.717) is 12.1 Å². The third kappa shape index (κ3) is 4.44. The molecule has 0 aliphatic rings. The normalized spacial score (nSPS) is 10.4. The van der Waals surface area contributed by atoms with E-state index in [1.165, 1.54) is 0 Å². The standard InChI is InChI=1S/C14H15BrN2OS/c1-10-9-19-13(17-10)3-2-8-16-14(18)11-4-6-12(15)7-5-11/h4-7,9H,2-3,8H2,1H3,(H,16,18). The molecule has 0 saturated carbocycles. The first-order chi connectivity index (χ1) is 9.15. The Labute approximate surface area is 125 Å². The molecule has 1 heterocycles. The first-order valence-electron chi connectivity index (χ1n) is 6.10. The van der Waals surface area contributed by atoms with Crippen LogP contribution in [0.3, 0.4) is 0 Å². The van der Waals surface area contributed by atoms with Gasteiger partial charge in [-0.3, -0.25) is 4.79 Å². The molecule has 0 bridgehead atoms. The summed E-state index contributed by atoms with van der Waals surface area (Å²) in [6.45, 7) is 2.67. The molecule has 0 saturated heterocycles. The van der Waals surface area contributed by atoms with E-state index >= 15 is 0 Å². The van der Waals surface area contributed by atoms with Gasteiger partial charge in [-0.25, -0.2) is 4.98 Å². The average molecular weight is 339 g/mol. The Morgan fingerprint density at radius 1 is 1.37 bits per heavy atom. The number of benzene rings is 1. The molecule has 0 radical (unpaired) electrons. The van der Waals surface area contributed by atoms with Gasteiger partial charge >= 0.3 is 0 Å². The summed E-state index contributed by atoms with van der Waals surface area (Å²) in [5.74, 6) is -0.0252. The Morgan fingerprint density at radius 3 is 2.74 bits per heavy atom. The molecule has 5 heteroatoms. The highest BCUT2D eigenvalue weighted by atomic mass is 79.9. The number of hydrogen-bond donors (Lipinski definition) is 1. The molecule has 0 aliphatic carbocycles. The van der Waals surface area contributed by atoms with Gasteiger partial charge in [-0.05, 0) is 37.6 Å². The van der Waals surface area contributed by atoms with E-state index in [9.17, 15) is 4.79 Å². The Balaban J connectivity index is 1.73. The lowest BCUT2D eigenvalue weighted by molar-refractivity contribution is 0.0953. The van der Waals surface area contributed by atoms with Gasteiger partial charge in [0.2, 0.25) is 0 Å². The second kappa shape index (κ2) is 6.82. The molecule has 0 spiro atoms. The van der Waals surface area contributed by atoms with Gasteiger partial charge in [0.25, 0.3) is 5.91 Å². The van der Waals surface area contributed by atoms with Gasteiger partial charge in [0, 0.05) is 34.1 Å². The fourth-order valence-electron chi connectivity index (χ4n) is 1.66. The summed E-state index contributed by atoms with van der Waals surface area (Å²) in [4.78, 5) is 16.2. The third-order valence-corrected chi connectivity index (χ3v) is 4.18. The van der Waals surface area contributed by atoms with Crippen molar-refractivity contribution in [3.8, 4) is 0 Å². The first kappa shape index (κ1) is 14.2. The number of hydrogen-bond acceptors (Lipinski definition) is 3. The quantitative estimate of drug-likeness (QED) is 0.846. The minimum atomic E-state index is -0.0252. The second-order valence-electron chi connectivity index (χ2n) is 4.25. The number of halogens is 1. The largest absolute Gasteiger partial charge is 0.352 e. The topological polar surface area (TPSA) is 42.0 Å². The van der Waals surface area contributed by atoms with Crippen LogP contribution in [-0.2, 0) is 6.42 Å². The van der Waals surface area contributed by atoms with Crippen molar-refractivity contribution >= 4 is 33.2 Å². The van der Waals surface area contributed by atoms with Crippen molar-refractivity contribution in [3.05, 3.63) is 50.4 Å². The van der Waals surface area contributed by atoms with E-state index in [0.717, 1.165) is 28.0 Å². The molecule has 100 valence electrons. The third-order valence-electron chi connectivity index (χ3n) is 2.63. The molecular weight excluding hydrogens is 324 g/mol. The Morgan fingerprint density at radius 2 is 2.11 bits per heavy atom. The van der Waals surface area contributed by atoms with Crippen LogP contribution in [0.2, 0.25) is 0 Å². The number of amides is 1. The van der Waals surface area contributed by atoms with Crippen LogP contribution in [0.5, 0.6) is 0 Å². The molecule has 0 unspecified atom stereocenters. The smallest absolute Gasteiger partial charge is 0.251 e. The first-order valence-corrected chi connectivity index (χ1v) is 7.77. The van der Waals surface area contributed by atoms with Crippen molar-refractivity contribution in [2.24, 2.45) is 0 Å². The SMILES string of the molecule is Cc1csc(CCCNC(=O)c2ccc(Br)cc2)n1. The Bertz CT molecular complexity index is 551. The van der Waals surface area contributed by atoms with Crippen LogP contribution in [-0.4, -0.2) is 17.4 Å². The van der Waals surface area contributed by atoms with E-state index in [-0.39, 0.29) is 5.91 Å². The maximum Gasteiger partial charge on any atom is 0.251 e. The zero-order valence-electron chi connectivity index (χ0n) is 10.6. The van der Waals surface area contributed by atoms with Gasteiger partial charge in [-0.2, -0.15) is 0 Å². The van der Waals surface area contributed by atoms with Gasteiger partial charge in [0.1, 0.15) is 0 Å². The van der Waals surface area contributed by atoms with E-state index in [1.807, 2.05) is 31.2 Å². The number of aromatic nitrogens is 1. The number of nitrogens with one attached hydrogen (secondary N) is 1. The predicted molar refractivity (Wildman–Crippen MR) is 81.6 cm³/mol. The van der Waals surface area contributed by atoms with Crippen LogP contribution >= 0.6 is 27.3 Å². The fraction of sp³-hybridized carbons (Fsp3) is 0.286. The van der Waals surface area contributed by atoms with Crippen molar-refractivity contribution in [2.75, 3.05) is 6.54 Å². The molecule has 2 aromatic rings. The summed E-state index contributed by atoms with van der Waals surface area (Å²) in [7, 11) is 0. The Kier molecular flexibility index (Phi) is 5.10. The zero-order valence-corrected chi connectivity index (χ0v) is 13.1. The lowest BCUT2D eigenvalue weighted by atomic mass is 10.2. The van der Waals surface area contributed by atoms with Crippen LogP contribution in [0.25, 0.3) is 0 Å². The van der Waals surface area contributed by atoms with Gasteiger partial charge in [-0.1, -0.05) is 15.9 Å². The second-order valence-corrected chi connectivity index (χ2v) is 6.11. The molecule has 2 rings (SSSR count). The zero-order chi connectivity index (χ0) is 13.7.